The summed E-state index contributed by atoms with van der Waals surface area (Å²) in [6.45, 7) is 7.50. The Labute approximate surface area is 184 Å². The van der Waals surface area contributed by atoms with Crippen LogP contribution in [0.2, 0.25) is 0 Å². The molecular formula is C21H30IN5O. The fraction of sp³-hybridized carbons (Fsp3) is 0.381. The maximum absolute atomic E-state index is 12.0. The van der Waals surface area contributed by atoms with Crippen LogP contribution in [-0.2, 0) is 16.6 Å². The molecule has 3 N–H and O–H groups in total. The number of nitrogens with one attached hydrogen (secondary N) is 3. The summed E-state index contributed by atoms with van der Waals surface area (Å²) in [4.78, 5) is 20.1. The van der Waals surface area contributed by atoms with Crippen molar-refractivity contribution in [2.45, 2.75) is 32.6 Å². The highest BCUT2D eigenvalue weighted by Gasteiger charge is 2.12. The molecule has 0 saturated carbocycles. The molecule has 152 valence electrons. The second kappa shape index (κ2) is 11.6. The minimum Gasteiger partial charge on any atom is -0.356 e. The van der Waals surface area contributed by atoms with Gasteiger partial charge >= 0.3 is 0 Å². The van der Waals surface area contributed by atoms with Crippen molar-refractivity contribution in [3.63, 3.8) is 0 Å². The highest BCUT2D eigenvalue weighted by atomic mass is 127. The predicted molar refractivity (Wildman–Crippen MR) is 126 cm³/mol. The zero-order chi connectivity index (χ0) is 19.7. The van der Waals surface area contributed by atoms with Crippen molar-refractivity contribution in [2.75, 3.05) is 25.5 Å². The minimum absolute atomic E-state index is 0. The van der Waals surface area contributed by atoms with Crippen molar-refractivity contribution in [3.05, 3.63) is 59.9 Å². The van der Waals surface area contributed by atoms with Crippen molar-refractivity contribution in [2.24, 2.45) is 4.99 Å². The van der Waals surface area contributed by atoms with E-state index in [9.17, 15) is 4.79 Å². The fourth-order valence-electron chi connectivity index (χ4n) is 2.52. The lowest BCUT2D eigenvalue weighted by atomic mass is 9.86. The molecule has 0 bridgehead atoms. The molecule has 0 unspecified atom stereocenters. The SMILES string of the molecule is CN=C(NCCc1ccc(C(C)(C)C)cc1)NCC(=O)Nc1cccnc1.I. The molecule has 0 radical (unpaired) electrons. The standard InChI is InChI=1S/C21H29N5O.HI/c1-21(2,3)17-9-7-16(8-10-17)11-13-24-20(22-4)25-15-19(27)26-18-6-5-12-23-14-18;/h5-10,12,14H,11,13,15H2,1-4H3,(H,26,27)(H2,22,24,25);1H. The summed E-state index contributed by atoms with van der Waals surface area (Å²) in [6.07, 6.45) is 4.15. The molecule has 2 aromatic rings. The number of carbonyl (C=O) groups excluding carboxylic acids is 1. The van der Waals surface area contributed by atoms with E-state index in [1.54, 1.807) is 31.6 Å². The summed E-state index contributed by atoms with van der Waals surface area (Å²) in [6, 6.07) is 12.3. The number of aliphatic imine (C=N–C) groups is 1. The molecule has 0 aliphatic heterocycles. The van der Waals surface area contributed by atoms with Gasteiger partial charge in [0, 0.05) is 19.8 Å². The van der Waals surface area contributed by atoms with E-state index in [-0.39, 0.29) is 41.8 Å². The topological polar surface area (TPSA) is 78.4 Å². The molecule has 0 aliphatic rings. The van der Waals surface area contributed by atoms with Gasteiger partial charge in [-0.1, -0.05) is 45.0 Å². The van der Waals surface area contributed by atoms with Gasteiger partial charge in [-0.25, -0.2) is 0 Å². The Morgan fingerprint density at radius 2 is 1.82 bits per heavy atom. The van der Waals surface area contributed by atoms with Crippen LogP contribution < -0.4 is 16.0 Å². The summed E-state index contributed by atoms with van der Waals surface area (Å²) in [5, 5.41) is 9.01. The largest absolute Gasteiger partial charge is 0.356 e. The fourth-order valence-corrected chi connectivity index (χ4v) is 2.52. The van der Waals surface area contributed by atoms with Crippen LogP contribution in [0, 0.1) is 0 Å². The Morgan fingerprint density at radius 1 is 1.11 bits per heavy atom. The second-order valence-electron chi connectivity index (χ2n) is 7.34. The monoisotopic (exact) mass is 495 g/mol. The van der Waals surface area contributed by atoms with Gasteiger partial charge in [0.25, 0.3) is 0 Å². The van der Waals surface area contributed by atoms with Gasteiger partial charge in [-0.05, 0) is 35.1 Å². The highest BCUT2D eigenvalue weighted by molar-refractivity contribution is 14.0. The molecule has 1 aromatic carbocycles. The summed E-state index contributed by atoms with van der Waals surface area (Å²) in [5.74, 6) is 0.450. The Bertz CT molecular complexity index is 755. The Balaban J connectivity index is 0.00000392. The first-order valence-electron chi connectivity index (χ1n) is 9.12. The third-order valence-electron chi connectivity index (χ3n) is 4.11. The summed E-state index contributed by atoms with van der Waals surface area (Å²) in [7, 11) is 1.69. The van der Waals surface area contributed by atoms with Crippen molar-refractivity contribution in [3.8, 4) is 0 Å². The number of anilines is 1. The molecular weight excluding hydrogens is 465 g/mol. The normalized spacial score (nSPS) is 11.4. The number of hydrogen-bond acceptors (Lipinski definition) is 3. The molecule has 6 nitrogen and oxygen atoms in total. The van der Waals surface area contributed by atoms with E-state index >= 15 is 0 Å². The van der Waals surface area contributed by atoms with Crippen molar-refractivity contribution >= 4 is 41.5 Å². The maximum Gasteiger partial charge on any atom is 0.243 e. The molecule has 2 rings (SSSR count). The van der Waals surface area contributed by atoms with Gasteiger partial charge in [-0.15, -0.1) is 24.0 Å². The van der Waals surface area contributed by atoms with E-state index < -0.39 is 0 Å². The lowest BCUT2D eigenvalue weighted by Crippen LogP contribution is -2.42. The van der Waals surface area contributed by atoms with Crippen LogP contribution in [-0.4, -0.2) is 37.0 Å². The first-order valence-corrected chi connectivity index (χ1v) is 9.12. The van der Waals surface area contributed by atoms with Gasteiger partial charge in [0.05, 0.1) is 18.4 Å². The number of carbonyl (C=O) groups is 1. The minimum atomic E-state index is -0.149. The van der Waals surface area contributed by atoms with Crippen LogP contribution >= 0.6 is 24.0 Å². The van der Waals surface area contributed by atoms with Gasteiger partial charge in [0.1, 0.15) is 0 Å². The number of hydrogen-bond donors (Lipinski definition) is 3. The van der Waals surface area contributed by atoms with Gasteiger partial charge in [-0.3, -0.25) is 14.8 Å². The number of rotatable bonds is 6. The lowest BCUT2D eigenvalue weighted by molar-refractivity contribution is -0.115. The van der Waals surface area contributed by atoms with Crippen LogP contribution in [0.5, 0.6) is 0 Å². The van der Waals surface area contributed by atoms with Crippen LogP contribution in [0.25, 0.3) is 0 Å². The molecule has 0 saturated heterocycles. The van der Waals surface area contributed by atoms with Crippen molar-refractivity contribution < 1.29 is 4.79 Å². The van der Waals surface area contributed by atoms with Crippen molar-refractivity contribution in [1.29, 1.82) is 0 Å². The van der Waals surface area contributed by atoms with Crippen LogP contribution in [0.4, 0.5) is 5.69 Å². The molecule has 1 heterocycles. The van der Waals surface area contributed by atoms with Gasteiger partial charge in [0.15, 0.2) is 5.96 Å². The zero-order valence-corrected chi connectivity index (χ0v) is 19.3. The second-order valence-corrected chi connectivity index (χ2v) is 7.34. The number of halogens is 1. The molecule has 1 aromatic heterocycles. The van der Waals surface area contributed by atoms with Gasteiger partial charge in [-0.2, -0.15) is 0 Å². The third-order valence-corrected chi connectivity index (χ3v) is 4.11. The van der Waals surface area contributed by atoms with E-state index in [1.807, 2.05) is 0 Å². The quantitative estimate of drug-likeness (QED) is 0.327. The highest BCUT2D eigenvalue weighted by Crippen LogP contribution is 2.22. The average Bonchev–Trinajstić information content (AvgIpc) is 2.65. The van der Waals surface area contributed by atoms with E-state index in [1.165, 1.54) is 11.1 Å². The Hall–Kier alpha value is -2.16. The van der Waals surface area contributed by atoms with E-state index in [2.05, 4.69) is 71.0 Å². The van der Waals surface area contributed by atoms with E-state index in [4.69, 9.17) is 0 Å². The summed E-state index contributed by atoms with van der Waals surface area (Å²) < 4.78 is 0. The number of amides is 1. The molecule has 28 heavy (non-hydrogen) atoms. The Morgan fingerprint density at radius 3 is 2.39 bits per heavy atom. The summed E-state index contributed by atoms with van der Waals surface area (Å²) in [5.41, 5.74) is 3.43. The van der Waals surface area contributed by atoms with Gasteiger partial charge < -0.3 is 16.0 Å². The molecule has 0 fully saturated rings. The van der Waals surface area contributed by atoms with Crippen molar-refractivity contribution in [1.82, 2.24) is 15.6 Å². The number of guanidine groups is 1. The molecule has 1 amide bonds. The molecule has 7 heteroatoms. The third kappa shape index (κ3) is 8.24. The number of aromatic nitrogens is 1. The lowest BCUT2D eigenvalue weighted by Gasteiger charge is -2.19. The van der Waals surface area contributed by atoms with E-state index in [0.29, 0.717) is 11.6 Å². The smallest absolute Gasteiger partial charge is 0.243 e. The number of nitrogens with zero attached hydrogens (tertiary/aromatic N) is 2. The molecule has 0 atom stereocenters. The van der Waals surface area contributed by atoms with E-state index in [0.717, 1.165) is 13.0 Å². The van der Waals surface area contributed by atoms with Gasteiger partial charge in [0.2, 0.25) is 5.91 Å². The Kier molecular flexibility index (Phi) is 9.92. The molecule has 0 aliphatic carbocycles. The average molecular weight is 495 g/mol. The van der Waals surface area contributed by atoms with Crippen LogP contribution in [0.1, 0.15) is 31.9 Å². The predicted octanol–water partition coefficient (Wildman–Crippen LogP) is 3.34. The van der Waals surface area contributed by atoms with Crippen LogP contribution in [0.15, 0.2) is 53.8 Å². The van der Waals surface area contributed by atoms with Crippen LogP contribution in [0.3, 0.4) is 0 Å². The number of pyridine rings is 1. The number of benzene rings is 1. The zero-order valence-electron chi connectivity index (χ0n) is 17.0. The first-order chi connectivity index (χ1) is 12.9. The summed E-state index contributed by atoms with van der Waals surface area (Å²) >= 11 is 0. The first kappa shape index (κ1) is 23.9. The maximum atomic E-state index is 12.0. The molecule has 0 spiro atoms.